The molecule has 0 aliphatic rings. The molecule has 0 saturated carbocycles. The van der Waals surface area contributed by atoms with Gasteiger partial charge in [-0.1, -0.05) is 37.5 Å². The first-order chi connectivity index (χ1) is 6.06. The Kier molecular flexibility index (Phi) is 6.91. The zero-order valence-electron chi connectivity index (χ0n) is 9.27. The predicted octanol–water partition coefficient (Wildman–Crippen LogP) is 2.98. The van der Waals surface area contributed by atoms with Gasteiger partial charge in [-0.15, -0.1) is 6.58 Å². The summed E-state index contributed by atoms with van der Waals surface area (Å²) in [6, 6.07) is 0. The van der Waals surface area contributed by atoms with Gasteiger partial charge in [0.05, 0.1) is 8.07 Å². The minimum absolute atomic E-state index is 0.957. The fourth-order valence-electron chi connectivity index (χ4n) is 0.951. The van der Waals surface area contributed by atoms with Crippen molar-refractivity contribution in [3.8, 4) is 0 Å². The summed E-state index contributed by atoms with van der Waals surface area (Å²) in [5.41, 5.74) is 2.40. The van der Waals surface area contributed by atoms with Crippen LogP contribution in [0.1, 0.15) is 12.8 Å². The van der Waals surface area contributed by atoms with Crippen LogP contribution in [-0.4, -0.2) is 21.2 Å². The summed E-state index contributed by atoms with van der Waals surface area (Å²) in [6.45, 7) is 12.9. The van der Waals surface area contributed by atoms with Gasteiger partial charge in [0.25, 0.3) is 0 Å². The number of rotatable bonds is 7. The van der Waals surface area contributed by atoms with Crippen LogP contribution in [0.5, 0.6) is 0 Å². The van der Waals surface area contributed by atoms with Crippen molar-refractivity contribution < 1.29 is 0 Å². The Morgan fingerprint density at radius 3 is 2.31 bits per heavy atom. The molecule has 2 heteroatoms. The van der Waals surface area contributed by atoms with Crippen LogP contribution in [0.15, 0.2) is 24.4 Å². The average molecular weight is 197 g/mol. The van der Waals surface area contributed by atoms with Crippen LogP contribution in [-0.2, 0) is 0 Å². The molecule has 0 fully saturated rings. The van der Waals surface area contributed by atoms with Gasteiger partial charge in [-0.05, 0) is 25.9 Å². The molecule has 0 aromatic heterocycles. The van der Waals surface area contributed by atoms with E-state index in [0.29, 0.717) is 0 Å². The van der Waals surface area contributed by atoms with Crippen molar-refractivity contribution in [3.63, 3.8) is 0 Å². The van der Waals surface area contributed by atoms with Gasteiger partial charge in [0.1, 0.15) is 0 Å². The third-order valence-corrected chi connectivity index (χ3v) is 2.87. The largest absolute Gasteiger partial charge is 0.316 e. The average Bonchev–Trinajstić information content (AvgIpc) is 2.01. The molecule has 0 spiro atoms. The molecule has 0 aliphatic heterocycles. The summed E-state index contributed by atoms with van der Waals surface area (Å²) < 4.78 is 0. The van der Waals surface area contributed by atoms with E-state index < -0.39 is 8.07 Å². The molecule has 0 heterocycles. The van der Waals surface area contributed by atoms with Crippen molar-refractivity contribution >= 4 is 8.07 Å². The van der Waals surface area contributed by atoms with Crippen molar-refractivity contribution in [1.82, 2.24) is 5.32 Å². The molecule has 0 saturated heterocycles. The van der Waals surface area contributed by atoms with Gasteiger partial charge in [0.2, 0.25) is 0 Å². The Morgan fingerprint density at radius 2 is 1.77 bits per heavy atom. The third-order valence-electron chi connectivity index (χ3n) is 1.63. The van der Waals surface area contributed by atoms with E-state index in [1.807, 2.05) is 6.08 Å². The van der Waals surface area contributed by atoms with Crippen LogP contribution in [0, 0.1) is 0 Å². The van der Waals surface area contributed by atoms with Crippen LogP contribution in [0.3, 0.4) is 0 Å². The van der Waals surface area contributed by atoms with Gasteiger partial charge in [-0.3, -0.25) is 0 Å². The van der Waals surface area contributed by atoms with Gasteiger partial charge in [-0.25, -0.2) is 0 Å². The molecule has 0 atom stereocenters. The fourth-order valence-corrected chi connectivity index (χ4v) is 1.83. The van der Waals surface area contributed by atoms with Crippen LogP contribution < -0.4 is 5.32 Å². The lowest BCUT2D eigenvalue weighted by Gasteiger charge is -2.08. The zero-order valence-corrected chi connectivity index (χ0v) is 10.3. The van der Waals surface area contributed by atoms with E-state index in [1.54, 1.807) is 0 Å². The normalized spacial score (nSPS) is 12.2. The van der Waals surface area contributed by atoms with Gasteiger partial charge < -0.3 is 5.32 Å². The van der Waals surface area contributed by atoms with E-state index in [0.717, 1.165) is 25.9 Å². The summed E-state index contributed by atoms with van der Waals surface area (Å²) >= 11 is 0. The van der Waals surface area contributed by atoms with E-state index in [9.17, 15) is 0 Å². The summed E-state index contributed by atoms with van der Waals surface area (Å²) in [6.07, 6.45) is 6.48. The van der Waals surface area contributed by atoms with E-state index in [1.165, 1.54) is 0 Å². The first kappa shape index (κ1) is 12.7. The highest BCUT2D eigenvalue weighted by Gasteiger charge is 2.05. The second-order valence-corrected chi connectivity index (χ2v) is 9.45. The highest BCUT2D eigenvalue weighted by molar-refractivity contribution is 6.80. The van der Waals surface area contributed by atoms with Crippen molar-refractivity contribution in [3.05, 3.63) is 24.4 Å². The topological polar surface area (TPSA) is 12.0 Å². The number of nitrogens with one attached hydrogen (secondary N) is 1. The Hall–Kier alpha value is -0.343. The highest BCUT2D eigenvalue weighted by atomic mass is 28.3. The molecule has 76 valence electrons. The molecule has 0 aromatic carbocycles. The second kappa shape index (κ2) is 7.10. The second-order valence-electron chi connectivity index (χ2n) is 4.38. The number of hydrogen-bond acceptors (Lipinski definition) is 1. The standard InChI is InChI=1S/C11H23NSi/c1-5-6-9-12-10-7-8-11-13(2,3)4/h5,8,11-12H,1,6-7,9-10H2,2-4H3. The fraction of sp³-hybridized carbons (Fsp3) is 0.636. The van der Waals surface area contributed by atoms with Crippen LogP contribution in [0.25, 0.3) is 0 Å². The molecule has 13 heavy (non-hydrogen) atoms. The summed E-state index contributed by atoms with van der Waals surface area (Å²) in [7, 11) is -0.957. The molecule has 0 unspecified atom stereocenters. The molecule has 0 bridgehead atoms. The Morgan fingerprint density at radius 1 is 1.15 bits per heavy atom. The van der Waals surface area contributed by atoms with Crippen LogP contribution in [0.2, 0.25) is 19.6 Å². The van der Waals surface area contributed by atoms with E-state index >= 15 is 0 Å². The molecule has 0 amide bonds. The molecule has 1 N–H and O–H groups in total. The van der Waals surface area contributed by atoms with E-state index in [2.05, 4.69) is 43.3 Å². The lowest BCUT2D eigenvalue weighted by atomic mass is 10.4. The SMILES string of the molecule is C=CCCNCCC=C[Si](C)(C)C. The molecule has 1 nitrogen and oxygen atoms in total. The summed E-state index contributed by atoms with van der Waals surface area (Å²) in [5, 5.41) is 3.37. The minimum Gasteiger partial charge on any atom is -0.316 e. The first-order valence-electron chi connectivity index (χ1n) is 5.05. The Balaban J connectivity index is 3.25. The number of hydrogen-bond donors (Lipinski definition) is 1. The van der Waals surface area contributed by atoms with Crippen molar-refractivity contribution in [2.75, 3.05) is 13.1 Å². The minimum atomic E-state index is -0.957. The van der Waals surface area contributed by atoms with Crippen LogP contribution >= 0.6 is 0 Å². The maximum atomic E-state index is 3.68. The molecule has 0 aromatic rings. The first-order valence-corrected chi connectivity index (χ1v) is 8.63. The maximum absolute atomic E-state index is 3.68. The van der Waals surface area contributed by atoms with Gasteiger partial charge >= 0.3 is 0 Å². The quantitative estimate of drug-likeness (QED) is 0.376. The monoisotopic (exact) mass is 197 g/mol. The third kappa shape index (κ3) is 11.7. The molecular formula is C11H23NSi. The smallest absolute Gasteiger partial charge is 0.0682 e. The zero-order chi connectivity index (χ0) is 10.2. The highest BCUT2D eigenvalue weighted by Crippen LogP contribution is 2.01. The van der Waals surface area contributed by atoms with Crippen molar-refractivity contribution in [2.24, 2.45) is 0 Å². The summed E-state index contributed by atoms with van der Waals surface area (Å²) in [4.78, 5) is 0. The maximum Gasteiger partial charge on any atom is 0.0682 e. The van der Waals surface area contributed by atoms with E-state index in [-0.39, 0.29) is 0 Å². The van der Waals surface area contributed by atoms with Gasteiger partial charge in [-0.2, -0.15) is 0 Å². The lowest BCUT2D eigenvalue weighted by Crippen LogP contribution is -2.17. The summed E-state index contributed by atoms with van der Waals surface area (Å²) in [5.74, 6) is 0. The molecular weight excluding hydrogens is 174 g/mol. The van der Waals surface area contributed by atoms with Crippen molar-refractivity contribution in [1.29, 1.82) is 0 Å². The van der Waals surface area contributed by atoms with Gasteiger partial charge in [0.15, 0.2) is 0 Å². The lowest BCUT2D eigenvalue weighted by molar-refractivity contribution is 0.698. The molecule has 0 rings (SSSR count). The van der Waals surface area contributed by atoms with Crippen molar-refractivity contribution in [2.45, 2.75) is 32.5 Å². The van der Waals surface area contributed by atoms with Gasteiger partial charge in [0, 0.05) is 0 Å². The Labute approximate surface area is 83.9 Å². The molecule has 0 aliphatic carbocycles. The predicted molar refractivity (Wildman–Crippen MR) is 64.8 cm³/mol. The van der Waals surface area contributed by atoms with E-state index in [4.69, 9.17) is 0 Å². The van der Waals surface area contributed by atoms with Crippen LogP contribution in [0.4, 0.5) is 0 Å². The molecule has 0 radical (unpaired) electrons. The Bertz CT molecular complexity index is 156.